The molecule has 0 fully saturated rings. The Kier molecular flexibility index (Phi) is 4.07. The third-order valence-corrected chi connectivity index (χ3v) is 2.58. The van der Waals surface area contributed by atoms with Gasteiger partial charge in [0.2, 0.25) is 0 Å². The molecule has 0 aliphatic rings. The van der Waals surface area contributed by atoms with Crippen LogP contribution in [0.1, 0.15) is 23.0 Å². The molecule has 0 atom stereocenters. The quantitative estimate of drug-likeness (QED) is 0.913. The van der Waals surface area contributed by atoms with Gasteiger partial charge in [-0.05, 0) is 38.1 Å². The molecular weight excluding hydrogens is 242 g/mol. The first-order chi connectivity index (χ1) is 9.20. The van der Waals surface area contributed by atoms with Gasteiger partial charge in [-0.1, -0.05) is 0 Å². The van der Waals surface area contributed by atoms with Crippen molar-refractivity contribution in [1.29, 1.82) is 0 Å². The number of nitrogens with one attached hydrogen (secondary N) is 1. The van der Waals surface area contributed by atoms with E-state index in [1.807, 2.05) is 19.1 Å². The molecule has 1 heterocycles. The lowest BCUT2D eigenvalue weighted by Gasteiger charge is -2.07. The number of nitrogens with zero attached hydrogens (tertiary/aromatic N) is 2. The standard InChI is InChI=1S/C14H15N3O2/c1-3-19-12-6-4-11(5-7-12)17-14(18)13-8-15-9-16-10(13)2/h4-9H,3H2,1-2H3,(H,17,18). The molecule has 2 aromatic rings. The summed E-state index contributed by atoms with van der Waals surface area (Å²) in [6.07, 6.45) is 2.93. The summed E-state index contributed by atoms with van der Waals surface area (Å²) >= 11 is 0. The lowest BCUT2D eigenvalue weighted by Crippen LogP contribution is -2.14. The summed E-state index contributed by atoms with van der Waals surface area (Å²) in [6, 6.07) is 7.21. The molecule has 1 aromatic carbocycles. The molecule has 0 aliphatic carbocycles. The number of rotatable bonds is 4. The Balaban J connectivity index is 2.09. The van der Waals surface area contributed by atoms with E-state index in [1.165, 1.54) is 12.5 Å². The van der Waals surface area contributed by atoms with Crippen molar-refractivity contribution >= 4 is 11.6 Å². The maximum Gasteiger partial charge on any atom is 0.259 e. The van der Waals surface area contributed by atoms with Gasteiger partial charge in [-0.3, -0.25) is 4.79 Å². The van der Waals surface area contributed by atoms with Crippen molar-refractivity contribution in [2.24, 2.45) is 0 Å². The van der Waals surface area contributed by atoms with Gasteiger partial charge in [0.1, 0.15) is 12.1 Å². The first-order valence-corrected chi connectivity index (χ1v) is 6.01. The zero-order valence-electron chi connectivity index (χ0n) is 10.9. The predicted molar refractivity (Wildman–Crippen MR) is 72.3 cm³/mol. The van der Waals surface area contributed by atoms with E-state index < -0.39 is 0 Å². The lowest BCUT2D eigenvalue weighted by molar-refractivity contribution is 0.102. The molecule has 0 saturated heterocycles. The Labute approximate surface area is 111 Å². The van der Waals surface area contributed by atoms with E-state index in [0.717, 1.165) is 5.75 Å². The third-order valence-electron chi connectivity index (χ3n) is 2.58. The minimum absolute atomic E-state index is 0.220. The predicted octanol–water partition coefficient (Wildman–Crippen LogP) is 2.44. The molecule has 1 aromatic heterocycles. The van der Waals surface area contributed by atoms with Crippen LogP contribution in [0.5, 0.6) is 5.75 Å². The van der Waals surface area contributed by atoms with Crippen molar-refractivity contribution in [3.8, 4) is 5.75 Å². The lowest BCUT2D eigenvalue weighted by atomic mass is 10.2. The second-order valence-corrected chi connectivity index (χ2v) is 3.93. The van der Waals surface area contributed by atoms with Crippen LogP contribution in [-0.4, -0.2) is 22.5 Å². The minimum atomic E-state index is -0.220. The smallest absolute Gasteiger partial charge is 0.259 e. The van der Waals surface area contributed by atoms with Gasteiger partial charge < -0.3 is 10.1 Å². The molecule has 5 heteroatoms. The third kappa shape index (κ3) is 3.28. The second-order valence-electron chi connectivity index (χ2n) is 3.93. The van der Waals surface area contributed by atoms with Gasteiger partial charge in [-0.15, -0.1) is 0 Å². The number of anilines is 1. The number of ether oxygens (including phenoxy) is 1. The van der Waals surface area contributed by atoms with Gasteiger partial charge in [0.25, 0.3) is 5.91 Å². The average Bonchev–Trinajstić information content (AvgIpc) is 2.42. The number of benzene rings is 1. The fraction of sp³-hybridized carbons (Fsp3) is 0.214. The molecule has 0 radical (unpaired) electrons. The number of aromatic nitrogens is 2. The van der Waals surface area contributed by atoms with E-state index >= 15 is 0 Å². The Hall–Kier alpha value is -2.43. The van der Waals surface area contributed by atoms with Gasteiger partial charge in [0.05, 0.1) is 17.9 Å². The monoisotopic (exact) mass is 257 g/mol. The summed E-state index contributed by atoms with van der Waals surface area (Å²) in [5.74, 6) is 0.557. The number of hydrogen-bond donors (Lipinski definition) is 1. The molecule has 0 spiro atoms. The topological polar surface area (TPSA) is 64.1 Å². The molecular formula is C14H15N3O2. The Morgan fingerprint density at radius 3 is 2.68 bits per heavy atom. The largest absolute Gasteiger partial charge is 0.494 e. The van der Waals surface area contributed by atoms with E-state index in [-0.39, 0.29) is 5.91 Å². The van der Waals surface area contributed by atoms with Crippen molar-refractivity contribution in [3.63, 3.8) is 0 Å². The zero-order chi connectivity index (χ0) is 13.7. The van der Waals surface area contributed by atoms with Crippen LogP contribution in [0.15, 0.2) is 36.8 Å². The highest BCUT2D eigenvalue weighted by Gasteiger charge is 2.10. The molecule has 5 nitrogen and oxygen atoms in total. The van der Waals surface area contributed by atoms with E-state index in [2.05, 4.69) is 15.3 Å². The Bertz CT molecular complexity index is 567. The normalized spacial score (nSPS) is 10.0. The summed E-state index contributed by atoms with van der Waals surface area (Å²) in [4.78, 5) is 19.9. The molecule has 19 heavy (non-hydrogen) atoms. The minimum Gasteiger partial charge on any atom is -0.494 e. The van der Waals surface area contributed by atoms with Crippen LogP contribution in [0.25, 0.3) is 0 Å². The van der Waals surface area contributed by atoms with Gasteiger partial charge in [0, 0.05) is 11.9 Å². The maximum absolute atomic E-state index is 12.0. The van der Waals surface area contributed by atoms with Gasteiger partial charge in [-0.2, -0.15) is 0 Å². The number of carbonyl (C=O) groups excluding carboxylic acids is 1. The highest BCUT2D eigenvalue weighted by molar-refractivity contribution is 6.04. The number of hydrogen-bond acceptors (Lipinski definition) is 4. The van der Waals surface area contributed by atoms with Gasteiger partial charge in [0.15, 0.2) is 0 Å². The molecule has 2 rings (SSSR count). The van der Waals surface area contributed by atoms with E-state index in [9.17, 15) is 4.79 Å². The molecule has 1 amide bonds. The summed E-state index contributed by atoms with van der Waals surface area (Å²) < 4.78 is 5.34. The van der Waals surface area contributed by atoms with Crippen molar-refractivity contribution in [2.75, 3.05) is 11.9 Å². The summed E-state index contributed by atoms with van der Waals surface area (Å²) in [5, 5.41) is 2.79. The fourth-order valence-electron chi connectivity index (χ4n) is 1.61. The van der Waals surface area contributed by atoms with Crippen LogP contribution >= 0.6 is 0 Å². The number of carbonyl (C=O) groups is 1. The first-order valence-electron chi connectivity index (χ1n) is 6.01. The SMILES string of the molecule is CCOc1ccc(NC(=O)c2cncnc2C)cc1. The van der Waals surface area contributed by atoms with Crippen LogP contribution in [0, 0.1) is 6.92 Å². The fourth-order valence-corrected chi connectivity index (χ4v) is 1.61. The van der Waals surface area contributed by atoms with Crippen molar-refractivity contribution in [1.82, 2.24) is 9.97 Å². The van der Waals surface area contributed by atoms with Crippen molar-refractivity contribution < 1.29 is 9.53 Å². The summed E-state index contributed by atoms with van der Waals surface area (Å²) in [5.41, 5.74) is 1.83. The Morgan fingerprint density at radius 1 is 1.32 bits per heavy atom. The molecule has 0 unspecified atom stereocenters. The molecule has 0 saturated carbocycles. The van der Waals surface area contributed by atoms with E-state index in [1.54, 1.807) is 19.1 Å². The summed E-state index contributed by atoms with van der Waals surface area (Å²) in [6.45, 7) is 4.31. The first kappa shape index (κ1) is 13.0. The van der Waals surface area contributed by atoms with Gasteiger partial charge >= 0.3 is 0 Å². The summed E-state index contributed by atoms with van der Waals surface area (Å²) in [7, 11) is 0. The number of amides is 1. The van der Waals surface area contributed by atoms with Gasteiger partial charge in [-0.25, -0.2) is 9.97 Å². The number of aryl methyl sites for hydroxylation is 1. The van der Waals surface area contributed by atoms with Crippen molar-refractivity contribution in [2.45, 2.75) is 13.8 Å². The second kappa shape index (κ2) is 5.95. The average molecular weight is 257 g/mol. The van der Waals surface area contributed by atoms with Crippen LogP contribution in [0.3, 0.4) is 0 Å². The van der Waals surface area contributed by atoms with Crippen molar-refractivity contribution in [3.05, 3.63) is 48.0 Å². The van der Waals surface area contributed by atoms with Crippen LogP contribution in [0.2, 0.25) is 0 Å². The van der Waals surface area contributed by atoms with Crippen LogP contribution in [-0.2, 0) is 0 Å². The molecule has 0 aliphatic heterocycles. The highest BCUT2D eigenvalue weighted by Crippen LogP contribution is 2.16. The Morgan fingerprint density at radius 2 is 2.05 bits per heavy atom. The van der Waals surface area contributed by atoms with E-state index in [4.69, 9.17) is 4.74 Å². The maximum atomic E-state index is 12.0. The molecule has 0 bridgehead atoms. The highest BCUT2D eigenvalue weighted by atomic mass is 16.5. The zero-order valence-corrected chi connectivity index (χ0v) is 10.9. The molecule has 1 N–H and O–H groups in total. The van der Waals surface area contributed by atoms with E-state index in [0.29, 0.717) is 23.6 Å². The van der Waals surface area contributed by atoms with Crippen LogP contribution in [0.4, 0.5) is 5.69 Å². The molecule has 98 valence electrons. The van der Waals surface area contributed by atoms with Crippen LogP contribution < -0.4 is 10.1 Å².